The van der Waals surface area contributed by atoms with Gasteiger partial charge in [0.25, 0.3) is 5.91 Å². The third kappa shape index (κ3) is 8.36. The summed E-state index contributed by atoms with van der Waals surface area (Å²) in [7, 11) is 1.44. The van der Waals surface area contributed by atoms with Crippen LogP contribution in [-0.2, 0) is 21.8 Å². The molecule has 2 N–H and O–H groups in total. The van der Waals surface area contributed by atoms with E-state index in [9.17, 15) is 23.2 Å². The summed E-state index contributed by atoms with van der Waals surface area (Å²) in [5.41, 5.74) is -2.16. The van der Waals surface area contributed by atoms with Crippen molar-refractivity contribution in [3.8, 4) is 0 Å². The van der Waals surface area contributed by atoms with Gasteiger partial charge in [-0.25, -0.2) is 13.2 Å². The summed E-state index contributed by atoms with van der Waals surface area (Å²) < 4.78 is 48.4. The number of rotatable bonds is 10. The number of likely N-dealkylation sites (N-methyl/N-ethyl adjacent to an activating group) is 1. The van der Waals surface area contributed by atoms with Crippen LogP contribution in [0.4, 0.5) is 13.2 Å². The monoisotopic (exact) mass is 529 g/mol. The second kappa shape index (κ2) is 14.4. The maximum atomic E-state index is 16.2. The molecule has 0 bridgehead atoms. The number of hydrogen-bond donors (Lipinski definition) is 2. The molecule has 10 heteroatoms. The largest absolute Gasteiger partial charge is 0.454 e. The minimum atomic E-state index is -2.29. The number of halogens is 3. The smallest absolute Gasteiger partial charge is 0.287 e. The molecule has 2 aromatic carbocycles. The molecule has 0 aliphatic carbocycles. The average Bonchev–Trinajstić information content (AvgIpc) is 3.39. The Morgan fingerprint density at radius 2 is 1.47 bits per heavy atom. The third-order valence-electron chi connectivity index (χ3n) is 5.12. The molecule has 1 aromatic heterocycles. The van der Waals surface area contributed by atoms with Crippen molar-refractivity contribution in [1.82, 2.24) is 15.5 Å². The van der Waals surface area contributed by atoms with Crippen LogP contribution in [0, 0.1) is 11.6 Å². The number of nitrogens with one attached hydrogen (secondary N) is 2. The van der Waals surface area contributed by atoms with E-state index in [4.69, 9.17) is 4.42 Å². The number of amides is 3. The molecule has 38 heavy (non-hydrogen) atoms. The molecule has 0 aliphatic heterocycles. The van der Waals surface area contributed by atoms with Crippen LogP contribution in [0.1, 0.15) is 47.7 Å². The second-order valence-electron chi connectivity index (χ2n) is 8.18. The zero-order valence-corrected chi connectivity index (χ0v) is 21.3. The minimum absolute atomic E-state index is 0.0531. The number of alkyl halides is 1. The Balaban J connectivity index is 0.00000161. The van der Waals surface area contributed by atoms with E-state index >= 15 is 4.39 Å². The highest BCUT2D eigenvalue weighted by Crippen LogP contribution is 2.34. The number of hydrogen-bond acceptors (Lipinski definition) is 4. The van der Waals surface area contributed by atoms with Gasteiger partial charge < -0.3 is 20.0 Å². The van der Waals surface area contributed by atoms with E-state index in [2.05, 4.69) is 24.5 Å². The highest BCUT2D eigenvalue weighted by molar-refractivity contribution is 5.91. The highest BCUT2D eigenvalue weighted by Gasteiger charge is 2.35. The number of benzene rings is 2. The first-order chi connectivity index (χ1) is 18.2. The molecule has 3 amide bonds. The van der Waals surface area contributed by atoms with Gasteiger partial charge in [0.15, 0.2) is 11.4 Å². The predicted molar refractivity (Wildman–Crippen MR) is 137 cm³/mol. The summed E-state index contributed by atoms with van der Waals surface area (Å²) in [5.74, 6) is -2.16. The standard InChI is InChI=1S/C25H22F3N3O4.C3H8/c1-29-23(33)12-13-31(16-32)14-21-10-11-22(35-21)24(34)30-15-25(28,17-2-6-19(26)7-3-17)18-4-8-20(27)9-5-18;1-3-2/h2-13,16H,14-15H2,1H3,(H,29,33)(H,30,34);3H2,1-2H3/b13-12-;. The van der Waals surface area contributed by atoms with E-state index in [1.807, 2.05) is 0 Å². The van der Waals surface area contributed by atoms with Crippen molar-refractivity contribution >= 4 is 18.2 Å². The minimum Gasteiger partial charge on any atom is -0.454 e. The fraction of sp³-hybridized carbons (Fsp3) is 0.250. The van der Waals surface area contributed by atoms with Gasteiger partial charge in [-0.05, 0) is 47.5 Å². The van der Waals surface area contributed by atoms with Gasteiger partial charge in [-0.2, -0.15) is 0 Å². The molecule has 0 saturated carbocycles. The topological polar surface area (TPSA) is 91.7 Å². The van der Waals surface area contributed by atoms with Gasteiger partial charge in [-0.1, -0.05) is 44.5 Å². The van der Waals surface area contributed by atoms with Crippen molar-refractivity contribution in [2.75, 3.05) is 13.6 Å². The molecule has 0 unspecified atom stereocenters. The number of nitrogens with zero attached hydrogens (tertiary/aromatic N) is 1. The van der Waals surface area contributed by atoms with Gasteiger partial charge in [-0.15, -0.1) is 0 Å². The van der Waals surface area contributed by atoms with Crippen LogP contribution in [0.2, 0.25) is 0 Å². The SMILES string of the molecule is CCC.CNC(=O)/C=C\N(C=O)Cc1ccc(C(=O)NCC(F)(c2ccc(F)cc2)c2ccc(F)cc2)o1. The first-order valence-corrected chi connectivity index (χ1v) is 11.9. The Morgan fingerprint density at radius 3 is 1.95 bits per heavy atom. The summed E-state index contributed by atoms with van der Waals surface area (Å²) in [6.45, 7) is 3.65. The van der Waals surface area contributed by atoms with Crippen LogP contribution < -0.4 is 10.6 Å². The zero-order valence-electron chi connectivity index (χ0n) is 21.3. The van der Waals surface area contributed by atoms with Crippen LogP contribution in [0.3, 0.4) is 0 Å². The maximum absolute atomic E-state index is 16.2. The molecule has 7 nitrogen and oxygen atoms in total. The average molecular weight is 530 g/mol. The van der Waals surface area contributed by atoms with Gasteiger partial charge in [0, 0.05) is 19.3 Å². The van der Waals surface area contributed by atoms with Crippen LogP contribution >= 0.6 is 0 Å². The lowest BCUT2D eigenvalue weighted by Gasteiger charge is -2.27. The Bertz CT molecular complexity index is 1180. The molecule has 3 aromatic rings. The molecule has 202 valence electrons. The van der Waals surface area contributed by atoms with Crippen LogP contribution in [0.15, 0.2) is 77.4 Å². The molecule has 1 heterocycles. The highest BCUT2D eigenvalue weighted by atomic mass is 19.1. The lowest BCUT2D eigenvalue weighted by molar-refractivity contribution is -0.116. The molecular weight excluding hydrogens is 499 g/mol. The predicted octanol–water partition coefficient (Wildman–Crippen LogP) is 4.84. The van der Waals surface area contributed by atoms with Crippen molar-refractivity contribution in [2.45, 2.75) is 32.5 Å². The molecular formula is C28H30F3N3O4. The Labute approximate surface area is 219 Å². The van der Waals surface area contributed by atoms with Crippen molar-refractivity contribution in [2.24, 2.45) is 0 Å². The van der Waals surface area contributed by atoms with E-state index in [0.717, 1.165) is 35.2 Å². The Hall–Kier alpha value is -4.34. The number of furan rings is 1. The number of carbonyl (C=O) groups excluding carboxylic acids is 3. The fourth-order valence-electron chi connectivity index (χ4n) is 3.22. The summed E-state index contributed by atoms with van der Waals surface area (Å²) in [6, 6.07) is 12.2. The first-order valence-electron chi connectivity index (χ1n) is 11.9. The van der Waals surface area contributed by atoms with Gasteiger partial charge in [0.1, 0.15) is 17.4 Å². The van der Waals surface area contributed by atoms with Gasteiger partial charge >= 0.3 is 0 Å². The zero-order chi connectivity index (χ0) is 28.1. The van der Waals surface area contributed by atoms with E-state index in [1.165, 1.54) is 56.1 Å². The third-order valence-corrected chi connectivity index (χ3v) is 5.12. The van der Waals surface area contributed by atoms with Crippen LogP contribution in [0.25, 0.3) is 0 Å². The summed E-state index contributed by atoms with van der Waals surface area (Å²) >= 11 is 0. The normalized spacial score (nSPS) is 10.9. The quantitative estimate of drug-likeness (QED) is 0.291. The van der Waals surface area contributed by atoms with Gasteiger partial charge in [0.2, 0.25) is 12.3 Å². The fourth-order valence-corrected chi connectivity index (χ4v) is 3.22. The van der Waals surface area contributed by atoms with Crippen LogP contribution in [0.5, 0.6) is 0 Å². The van der Waals surface area contributed by atoms with Crippen molar-refractivity contribution in [3.63, 3.8) is 0 Å². The molecule has 0 spiro atoms. The second-order valence-corrected chi connectivity index (χ2v) is 8.18. The van der Waals surface area contributed by atoms with E-state index in [0.29, 0.717) is 6.41 Å². The molecule has 0 saturated heterocycles. The molecule has 0 radical (unpaired) electrons. The lowest BCUT2D eigenvalue weighted by atomic mass is 9.88. The Morgan fingerprint density at radius 1 is 0.947 bits per heavy atom. The molecule has 3 rings (SSSR count). The van der Waals surface area contributed by atoms with Gasteiger partial charge in [-0.3, -0.25) is 14.4 Å². The van der Waals surface area contributed by atoms with Crippen molar-refractivity contribution in [1.29, 1.82) is 0 Å². The van der Waals surface area contributed by atoms with Crippen LogP contribution in [-0.4, -0.2) is 36.7 Å². The number of carbonyl (C=O) groups is 3. The van der Waals surface area contributed by atoms with E-state index in [1.54, 1.807) is 0 Å². The van der Waals surface area contributed by atoms with E-state index in [-0.39, 0.29) is 29.2 Å². The molecule has 0 fully saturated rings. The lowest BCUT2D eigenvalue weighted by Crippen LogP contribution is -2.38. The maximum Gasteiger partial charge on any atom is 0.287 e. The summed E-state index contributed by atoms with van der Waals surface area (Å²) in [6.07, 6.45) is 4.12. The van der Waals surface area contributed by atoms with Crippen molar-refractivity contribution in [3.05, 3.63) is 107 Å². The molecule has 0 atom stereocenters. The first kappa shape index (κ1) is 29.9. The van der Waals surface area contributed by atoms with Crippen molar-refractivity contribution < 1.29 is 32.0 Å². The Kier molecular flexibility index (Phi) is 11.3. The summed E-state index contributed by atoms with van der Waals surface area (Å²) in [4.78, 5) is 36.3. The van der Waals surface area contributed by atoms with E-state index < -0.39 is 35.7 Å². The molecule has 0 aliphatic rings. The van der Waals surface area contributed by atoms with Gasteiger partial charge in [0.05, 0.1) is 13.1 Å². The summed E-state index contributed by atoms with van der Waals surface area (Å²) in [5, 5.41) is 4.82.